The number of rotatable bonds is 4. The Morgan fingerprint density at radius 1 is 1.00 bits per heavy atom. The van der Waals surface area contributed by atoms with E-state index in [2.05, 4.69) is 9.97 Å². The van der Waals surface area contributed by atoms with Crippen LogP contribution in [0.3, 0.4) is 0 Å². The van der Waals surface area contributed by atoms with Crippen LogP contribution in [0.2, 0.25) is 5.02 Å². The fraction of sp³-hybridized carbons (Fsp3) is 0.360. The van der Waals surface area contributed by atoms with Crippen LogP contribution < -0.4 is 0 Å². The van der Waals surface area contributed by atoms with Crippen molar-refractivity contribution >= 4 is 23.6 Å². The van der Waals surface area contributed by atoms with Crippen molar-refractivity contribution in [1.29, 1.82) is 0 Å². The predicted octanol–water partition coefficient (Wildman–Crippen LogP) is 3.64. The number of carbonyl (C=O) groups excluding carboxylic acids is 1. The molecule has 2 aliphatic heterocycles. The van der Waals surface area contributed by atoms with Crippen molar-refractivity contribution in [1.82, 2.24) is 24.3 Å². The number of carboxylic acid groups (broad SMARTS) is 1. The summed E-state index contributed by atoms with van der Waals surface area (Å²) in [6.45, 7) is 2.31. The maximum atomic E-state index is 13.3. The molecule has 1 aromatic carbocycles. The quantitative estimate of drug-likeness (QED) is 0.593. The second kappa shape index (κ2) is 9.67. The van der Waals surface area contributed by atoms with E-state index in [1.807, 2.05) is 45.9 Å². The fourth-order valence-electron chi connectivity index (χ4n) is 4.85. The summed E-state index contributed by atoms with van der Waals surface area (Å²) < 4.78 is 7.87. The number of aromatic nitrogens is 3. The maximum absolute atomic E-state index is 13.3. The average molecular weight is 496 g/mol. The highest BCUT2D eigenvalue weighted by Crippen LogP contribution is 2.33. The van der Waals surface area contributed by atoms with Crippen LogP contribution in [0.15, 0.2) is 55.1 Å². The summed E-state index contributed by atoms with van der Waals surface area (Å²) in [5, 5.41) is 10.0. The van der Waals surface area contributed by atoms with E-state index in [-0.39, 0.29) is 12.5 Å². The minimum absolute atomic E-state index is 0.0129. The van der Waals surface area contributed by atoms with Crippen molar-refractivity contribution in [3.05, 3.63) is 60.1 Å². The van der Waals surface area contributed by atoms with Crippen molar-refractivity contribution < 1.29 is 19.4 Å². The molecule has 10 heteroatoms. The third-order valence-corrected chi connectivity index (χ3v) is 7.01. The van der Waals surface area contributed by atoms with E-state index < -0.39 is 11.7 Å². The molecule has 0 saturated carbocycles. The van der Waals surface area contributed by atoms with Gasteiger partial charge in [0.05, 0.1) is 36.5 Å². The van der Waals surface area contributed by atoms with Crippen LogP contribution in [-0.4, -0.2) is 79.8 Å². The number of piperidine rings is 1. The maximum Gasteiger partial charge on any atom is 0.407 e. The first-order chi connectivity index (χ1) is 16.9. The molecule has 2 saturated heterocycles. The zero-order chi connectivity index (χ0) is 24.4. The Bertz CT molecular complexity index is 1210. The summed E-state index contributed by atoms with van der Waals surface area (Å²) >= 11 is 6.07. The molecule has 2 aliphatic rings. The van der Waals surface area contributed by atoms with Gasteiger partial charge in [-0.15, -0.1) is 0 Å². The third-order valence-electron chi connectivity index (χ3n) is 6.76. The smallest absolute Gasteiger partial charge is 0.407 e. The molecule has 3 aromatic rings. The van der Waals surface area contributed by atoms with Gasteiger partial charge < -0.3 is 24.2 Å². The molecular weight excluding hydrogens is 470 g/mol. The normalized spacial score (nSPS) is 17.5. The van der Waals surface area contributed by atoms with Crippen LogP contribution in [-0.2, 0) is 16.1 Å². The monoisotopic (exact) mass is 495 g/mol. The molecule has 2 fully saturated rings. The van der Waals surface area contributed by atoms with Crippen LogP contribution >= 0.6 is 11.6 Å². The van der Waals surface area contributed by atoms with Gasteiger partial charge >= 0.3 is 6.09 Å². The second-order valence-corrected chi connectivity index (χ2v) is 9.37. The molecular formula is C25H26ClN5O4. The Kier molecular flexibility index (Phi) is 6.44. The van der Waals surface area contributed by atoms with E-state index in [0.717, 1.165) is 22.5 Å². The molecule has 0 aliphatic carbocycles. The molecule has 2 aromatic heterocycles. The SMILES string of the molecule is O=C(O)N1CCOC2(CCN(C(=O)Cn3cnc(-c4ccc(Cl)cc4)c3-c3ccncc3)CC2)C1. The van der Waals surface area contributed by atoms with Gasteiger partial charge in [0.25, 0.3) is 0 Å². The first kappa shape index (κ1) is 23.3. The van der Waals surface area contributed by atoms with Gasteiger partial charge in [0, 0.05) is 48.2 Å². The number of likely N-dealkylation sites (tertiary alicyclic amines) is 1. The number of hydrogen-bond donors (Lipinski definition) is 1. The highest BCUT2D eigenvalue weighted by atomic mass is 35.5. The Labute approximate surface area is 207 Å². The van der Waals surface area contributed by atoms with Crippen LogP contribution in [0.1, 0.15) is 12.8 Å². The number of amides is 2. The molecule has 0 bridgehead atoms. The summed E-state index contributed by atoms with van der Waals surface area (Å²) in [6.07, 6.45) is 5.42. The lowest BCUT2D eigenvalue weighted by atomic mass is 9.89. The lowest BCUT2D eigenvalue weighted by molar-refractivity contribution is -0.148. The first-order valence-corrected chi connectivity index (χ1v) is 11.9. The Morgan fingerprint density at radius 3 is 2.40 bits per heavy atom. The molecule has 5 rings (SSSR count). The Balaban J connectivity index is 1.34. The Morgan fingerprint density at radius 2 is 1.71 bits per heavy atom. The minimum atomic E-state index is -0.925. The van der Waals surface area contributed by atoms with Crippen LogP contribution in [0, 0.1) is 0 Å². The minimum Gasteiger partial charge on any atom is -0.465 e. The second-order valence-electron chi connectivity index (χ2n) is 8.93. The largest absolute Gasteiger partial charge is 0.465 e. The van der Waals surface area contributed by atoms with E-state index in [9.17, 15) is 14.7 Å². The van der Waals surface area contributed by atoms with E-state index in [1.54, 1.807) is 18.7 Å². The van der Waals surface area contributed by atoms with E-state index in [4.69, 9.17) is 16.3 Å². The summed E-state index contributed by atoms with van der Waals surface area (Å²) in [5.74, 6) is -0.0129. The molecule has 4 heterocycles. The standard InChI is InChI=1S/C25H26ClN5O4/c26-20-3-1-18(2-4-20)22-23(19-5-9-27-10-6-19)31(17-28-22)15-21(32)29-11-7-25(8-12-29)16-30(24(33)34)13-14-35-25/h1-6,9-10,17H,7-8,11-16H2,(H,33,34). The van der Waals surface area contributed by atoms with Gasteiger partial charge in [0.1, 0.15) is 6.54 Å². The van der Waals surface area contributed by atoms with Gasteiger partial charge in [-0.25, -0.2) is 9.78 Å². The van der Waals surface area contributed by atoms with Gasteiger partial charge in [-0.1, -0.05) is 23.7 Å². The third kappa shape index (κ3) is 4.87. The lowest BCUT2D eigenvalue weighted by Crippen LogP contribution is -2.58. The van der Waals surface area contributed by atoms with Crippen molar-refractivity contribution in [2.24, 2.45) is 0 Å². The predicted molar refractivity (Wildman–Crippen MR) is 130 cm³/mol. The van der Waals surface area contributed by atoms with Crippen molar-refractivity contribution in [3.8, 4) is 22.5 Å². The molecule has 0 radical (unpaired) electrons. The lowest BCUT2D eigenvalue weighted by Gasteiger charge is -2.46. The molecule has 1 N–H and O–H groups in total. The van der Waals surface area contributed by atoms with Crippen molar-refractivity contribution in [2.45, 2.75) is 25.0 Å². The molecule has 2 amide bonds. The average Bonchev–Trinajstić information content (AvgIpc) is 3.29. The van der Waals surface area contributed by atoms with Crippen LogP contribution in [0.5, 0.6) is 0 Å². The number of benzene rings is 1. The van der Waals surface area contributed by atoms with Crippen molar-refractivity contribution in [3.63, 3.8) is 0 Å². The number of morpholine rings is 1. The number of imidazole rings is 1. The first-order valence-electron chi connectivity index (χ1n) is 11.6. The van der Waals surface area contributed by atoms with Gasteiger partial charge in [-0.05, 0) is 37.1 Å². The number of hydrogen-bond acceptors (Lipinski definition) is 5. The topological polar surface area (TPSA) is 101 Å². The summed E-state index contributed by atoms with van der Waals surface area (Å²) in [5.41, 5.74) is 2.92. The summed E-state index contributed by atoms with van der Waals surface area (Å²) in [6, 6.07) is 11.3. The van der Waals surface area contributed by atoms with E-state index in [0.29, 0.717) is 50.7 Å². The van der Waals surface area contributed by atoms with Crippen LogP contribution in [0.25, 0.3) is 22.5 Å². The van der Waals surface area contributed by atoms with Gasteiger partial charge in [-0.3, -0.25) is 9.78 Å². The Hall–Kier alpha value is -3.43. The zero-order valence-corrected chi connectivity index (χ0v) is 19.9. The molecule has 0 unspecified atom stereocenters. The van der Waals surface area contributed by atoms with E-state index >= 15 is 0 Å². The van der Waals surface area contributed by atoms with E-state index in [1.165, 1.54) is 4.90 Å². The fourth-order valence-corrected chi connectivity index (χ4v) is 4.98. The zero-order valence-electron chi connectivity index (χ0n) is 19.1. The van der Waals surface area contributed by atoms with Gasteiger partial charge in [0.2, 0.25) is 5.91 Å². The molecule has 0 atom stereocenters. The van der Waals surface area contributed by atoms with Gasteiger partial charge in [-0.2, -0.15) is 0 Å². The highest BCUT2D eigenvalue weighted by molar-refractivity contribution is 6.30. The number of nitrogens with zero attached hydrogens (tertiary/aromatic N) is 5. The van der Waals surface area contributed by atoms with Gasteiger partial charge in [0.15, 0.2) is 0 Å². The number of carbonyl (C=O) groups is 2. The highest BCUT2D eigenvalue weighted by Gasteiger charge is 2.41. The molecule has 35 heavy (non-hydrogen) atoms. The molecule has 182 valence electrons. The van der Waals surface area contributed by atoms with Crippen molar-refractivity contribution in [2.75, 3.05) is 32.8 Å². The number of pyridine rings is 1. The summed E-state index contributed by atoms with van der Waals surface area (Å²) in [4.78, 5) is 36.7. The van der Waals surface area contributed by atoms with Crippen LogP contribution in [0.4, 0.5) is 4.79 Å². The molecule has 9 nitrogen and oxygen atoms in total. The number of ether oxygens (including phenoxy) is 1. The number of halogens is 1. The molecule has 1 spiro atoms. The summed E-state index contributed by atoms with van der Waals surface area (Å²) in [7, 11) is 0.